The van der Waals surface area contributed by atoms with Crippen molar-refractivity contribution in [1.82, 2.24) is 9.88 Å². The highest BCUT2D eigenvalue weighted by molar-refractivity contribution is 5.91. The topological polar surface area (TPSA) is 65.2 Å². The van der Waals surface area contributed by atoms with Crippen molar-refractivity contribution in [1.29, 1.82) is 0 Å². The van der Waals surface area contributed by atoms with Crippen molar-refractivity contribution < 1.29 is 23.4 Å². The Hall–Kier alpha value is -4.32. The second-order valence-electron chi connectivity index (χ2n) is 9.68. The molecule has 40 heavy (non-hydrogen) atoms. The highest BCUT2D eigenvalue weighted by Gasteiger charge is 2.14. The van der Waals surface area contributed by atoms with E-state index < -0.39 is 0 Å². The number of halogens is 1. The third-order valence-electron chi connectivity index (χ3n) is 6.75. The number of hydrogen-bond donors (Lipinski definition) is 0. The highest BCUT2D eigenvalue weighted by atomic mass is 19.1. The summed E-state index contributed by atoms with van der Waals surface area (Å²) in [5, 5.41) is 0.715. The number of pyridine rings is 1. The fourth-order valence-corrected chi connectivity index (χ4v) is 4.65. The van der Waals surface area contributed by atoms with Crippen LogP contribution in [0.2, 0.25) is 0 Å². The number of nitrogens with zero attached hydrogens (tertiary/aromatic N) is 3. The minimum absolute atomic E-state index is 0.0474. The maximum absolute atomic E-state index is 13.1. The maximum atomic E-state index is 13.1. The Labute approximate surface area is 232 Å². The molecule has 1 aliphatic rings. The number of fused-ring (bicyclic) bond motifs is 1. The molecule has 0 N–H and O–H groups in total. The molecule has 1 aromatic heterocycles. The van der Waals surface area contributed by atoms with Crippen molar-refractivity contribution >= 4 is 22.4 Å². The first-order valence-corrected chi connectivity index (χ1v) is 13.3. The molecular formula is C32H30FN3O4. The van der Waals surface area contributed by atoms with E-state index in [4.69, 9.17) is 20.8 Å². The van der Waals surface area contributed by atoms with Crippen molar-refractivity contribution in [2.24, 2.45) is 0 Å². The van der Waals surface area contributed by atoms with Crippen LogP contribution in [0.15, 0.2) is 72.9 Å². The van der Waals surface area contributed by atoms with E-state index in [9.17, 15) is 9.18 Å². The Bertz CT molecular complexity index is 1490. The summed E-state index contributed by atoms with van der Waals surface area (Å²) in [6.45, 7) is 12.5. The van der Waals surface area contributed by atoms with Gasteiger partial charge in [-0.2, -0.15) is 0 Å². The molecule has 1 saturated heterocycles. The molecular weight excluding hydrogens is 509 g/mol. The number of hydrogen-bond acceptors (Lipinski definition) is 6. The van der Waals surface area contributed by atoms with Gasteiger partial charge in [0.05, 0.1) is 31.9 Å². The first kappa shape index (κ1) is 27.3. The van der Waals surface area contributed by atoms with E-state index >= 15 is 0 Å². The van der Waals surface area contributed by atoms with E-state index in [-0.39, 0.29) is 24.4 Å². The van der Waals surface area contributed by atoms with E-state index in [0.29, 0.717) is 40.4 Å². The number of carbonyl (C=O) groups is 1. The molecule has 5 rings (SSSR count). The van der Waals surface area contributed by atoms with Gasteiger partial charge in [0.15, 0.2) is 0 Å². The average molecular weight is 540 g/mol. The molecule has 0 amide bonds. The predicted molar refractivity (Wildman–Crippen MR) is 151 cm³/mol. The number of ether oxygens (including phenoxy) is 3. The smallest absolute Gasteiger partial charge is 0.229 e. The zero-order valence-corrected chi connectivity index (χ0v) is 22.1. The van der Waals surface area contributed by atoms with Crippen LogP contribution in [-0.4, -0.2) is 55.1 Å². The molecule has 0 aliphatic carbocycles. The molecule has 204 valence electrons. The lowest BCUT2D eigenvalue weighted by molar-refractivity contribution is -0.117. The summed E-state index contributed by atoms with van der Waals surface area (Å²) in [7, 11) is 0. The molecule has 2 heterocycles. The SMILES string of the molecule is [C-]#[N+]c1cc2c(Oc3ccc(CC(=O)Cc4ccc(F)cc4)cc3)ccnc2cc1OCCCN1CCOCC1. The minimum atomic E-state index is -0.317. The van der Waals surface area contributed by atoms with Crippen LogP contribution in [0, 0.1) is 12.4 Å². The summed E-state index contributed by atoms with van der Waals surface area (Å²) < 4.78 is 30.6. The zero-order chi connectivity index (χ0) is 27.7. The van der Waals surface area contributed by atoms with Gasteiger partial charge in [-0.1, -0.05) is 24.3 Å². The third kappa shape index (κ3) is 7.20. The highest BCUT2D eigenvalue weighted by Crippen LogP contribution is 2.37. The van der Waals surface area contributed by atoms with Crippen molar-refractivity contribution in [3.05, 3.63) is 101 Å². The molecule has 0 bridgehead atoms. The van der Waals surface area contributed by atoms with Gasteiger partial charge in [-0.25, -0.2) is 9.24 Å². The van der Waals surface area contributed by atoms with Gasteiger partial charge in [-0.15, -0.1) is 0 Å². The van der Waals surface area contributed by atoms with E-state index in [1.165, 1.54) is 12.1 Å². The number of aromatic nitrogens is 1. The minimum Gasteiger partial charge on any atom is -0.504 e. The summed E-state index contributed by atoms with van der Waals surface area (Å²) in [6.07, 6.45) is 3.06. The van der Waals surface area contributed by atoms with Gasteiger partial charge in [0.2, 0.25) is 5.69 Å². The molecule has 0 atom stereocenters. The molecule has 3 aromatic carbocycles. The number of rotatable bonds is 11. The molecule has 4 aromatic rings. The van der Waals surface area contributed by atoms with Crippen molar-refractivity contribution in [3.63, 3.8) is 0 Å². The standard InChI is InChI=1S/C32H30FN3O4/c1-34-30-21-28-29(22-32(30)39-16-2-13-36-14-17-38-18-15-36)35-12-11-31(28)40-27-9-5-24(6-10-27)20-26(37)19-23-3-7-25(33)8-4-23/h3-12,21-22H,2,13-20H2. The number of Topliss-reactive ketones (excluding diaryl/α,β-unsaturated/α-hetero) is 1. The lowest BCUT2D eigenvalue weighted by Crippen LogP contribution is -2.37. The van der Waals surface area contributed by atoms with Crippen molar-refractivity contribution in [2.75, 3.05) is 39.5 Å². The van der Waals surface area contributed by atoms with E-state index in [2.05, 4.69) is 14.7 Å². The fourth-order valence-electron chi connectivity index (χ4n) is 4.65. The number of ketones is 1. The average Bonchev–Trinajstić information content (AvgIpc) is 2.98. The molecule has 1 fully saturated rings. The monoisotopic (exact) mass is 539 g/mol. The second-order valence-corrected chi connectivity index (χ2v) is 9.68. The van der Waals surface area contributed by atoms with Crippen molar-refractivity contribution in [3.8, 4) is 17.2 Å². The molecule has 0 saturated carbocycles. The lowest BCUT2D eigenvalue weighted by Gasteiger charge is -2.26. The van der Waals surface area contributed by atoms with Gasteiger partial charge in [-0.3, -0.25) is 14.7 Å². The van der Waals surface area contributed by atoms with Gasteiger partial charge in [0.1, 0.15) is 28.8 Å². The summed E-state index contributed by atoms with van der Waals surface area (Å²) in [6, 6.07) is 18.6. The number of carbonyl (C=O) groups excluding carboxylic acids is 1. The lowest BCUT2D eigenvalue weighted by atomic mass is 10.0. The zero-order valence-electron chi connectivity index (χ0n) is 22.1. The molecule has 0 spiro atoms. The Morgan fingerprint density at radius 2 is 1.68 bits per heavy atom. The van der Waals surface area contributed by atoms with Gasteiger partial charge >= 0.3 is 0 Å². The Morgan fingerprint density at radius 1 is 0.975 bits per heavy atom. The molecule has 1 aliphatic heterocycles. The van der Waals surface area contributed by atoms with E-state index in [1.807, 2.05) is 24.3 Å². The van der Waals surface area contributed by atoms with Crippen LogP contribution in [-0.2, 0) is 22.4 Å². The Balaban J connectivity index is 1.21. The Kier molecular flexibility index (Phi) is 8.96. The molecule has 0 radical (unpaired) electrons. The van der Waals surface area contributed by atoms with Gasteiger partial charge in [0, 0.05) is 44.1 Å². The van der Waals surface area contributed by atoms with Crippen LogP contribution in [0.4, 0.5) is 10.1 Å². The van der Waals surface area contributed by atoms with Gasteiger partial charge < -0.3 is 14.2 Å². The van der Waals surface area contributed by atoms with Crippen LogP contribution in [0.1, 0.15) is 17.5 Å². The molecule has 8 heteroatoms. The maximum Gasteiger partial charge on any atom is 0.229 e. The second kappa shape index (κ2) is 13.2. The van der Waals surface area contributed by atoms with Crippen molar-refractivity contribution in [2.45, 2.75) is 19.3 Å². The summed E-state index contributed by atoms with van der Waals surface area (Å²) in [5.74, 6) is 1.43. The first-order chi connectivity index (χ1) is 19.6. The molecule has 7 nitrogen and oxygen atoms in total. The number of morpholine rings is 1. The van der Waals surface area contributed by atoms with Crippen LogP contribution in [0.5, 0.6) is 17.2 Å². The van der Waals surface area contributed by atoms with Gasteiger partial charge in [0.25, 0.3) is 0 Å². The van der Waals surface area contributed by atoms with Crippen LogP contribution < -0.4 is 9.47 Å². The predicted octanol–water partition coefficient (Wildman–Crippen LogP) is 6.17. The van der Waals surface area contributed by atoms with Crippen LogP contribution in [0.25, 0.3) is 15.7 Å². The van der Waals surface area contributed by atoms with Crippen LogP contribution >= 0.6 is 0 Å². The summed E-state index contributed by atoms with van der Waals surface area (Å²) in [5.41, 5.74) is 2.74. The van der Waals surface area contributed by atoms with E-state index in [1.54, 1.807) is 36.5 Å². The largest absolute Gasteiger partial charge is 0.504 e. The third-order valence-corrected chi connectivity index (χ3v) is 6.75. The molecule has 0 unspecified atom stereocenters. The van der Waals surface area contributed by atoms with Gasteiger partial charge in [-0.05, 0) is 60.0 Å². The first-order valence-electron chi connectivity index (χ1n) is 13.3. The van der Waals surface area contributed by atoms with E-state index in [0.717, 1.165) is 50.4 Å². The fraction of sp³-hybridized carbons (Fsp3) is 0.281. The Morgan fingerprint density at radius 3 is 2.38 bits per heavy atom. The normalized spacial score (nSPS) is 13.6. The summed E-state index contributed by atoms with van der Waals surface area (Å²) >= 11 is 0. The number of benzene rings is 3. The summed E-state index contributed by atoms with van der Waals surface area (Å²) in [4.78, 5) is 23.0. The quantitative estimate of drug-likeness (QED) is 0.168. The van der Waals surface area contributed by atoms with Crippen LogP contribution in [0.3, 0.4) is 0 Å².